The Morgan fingerprint density at radius 3 is 2.57 bits per heavy atom. The van der Waals surface area contributed by atoms with E-state index >= 15 is 0 Å². The SMILES string of the molecule is COc1cc(C(=O)NC2CCN(C)CC2)ccc1Nc1ncc(C(F)(F)F)c(NC2CCCC[C@H]2N)n1. The summed E-state index contributed by atoms with van der Waals surface area (Å²) in [7, 11) is 3.50. The Hall–Kier alpha value is -3.12. The lowest BCUT2D eigenvalue weighted by molar-refractivity contribution is -0.137. The van der Waals surface area contributed by atoms with Gasteiger partial charge in [0, 0.05) is 29.9 Å². The molecule has 2 aliphatic rings. The minimum atomic E-state index is -4.62. The Labute approximate surface area is 214 Å². The third-order valence-electron chi connectivity index (χ3n) is 7.00. The van der Waals surface area contributed by atoms with Crippen LogP contribution in [0.15, 0.2) is 24.4 Å². The van der Waals surface area contributed by atoms with Gasteiger partial charge in [0.25, 0.3) is 5.91 Å². The number of methoxy groups -OCH3 is 1. The molecular formula is C25H34F3N7O2. The van der Waals surface area contributed by atoms with E-state index in [9.17, 15) is 18.0 Å². The fourth-order valence-corrected chi connectivity index (χ4v) is 4.75. The zero-order chi connectivity index (χ0) is 26.6. The number of nitrogens with two attached hydrogens (primary N) is 1. The minimum absolute atomic E-state index is 0.0401. The third-order valence-corrected chi connectivity index (χ3v) is 7.00. The van der Waals surface area contributed by atoms with Crippen molar-refractivity contribution in [2.24, 2.45) is 5.73 Å². The molecule has 0 radical (unpaired) electrons. The molecule has 1 saturated carbocycles. The highest BCUT2D eigenvalue weighted by atomic mass is 19.4. The van der Waals surface area contributed by atoms with Crippen molar-refractivity contribution in [2.75, 3.05) is 37.9 Å². The first-order valence-electron chi connectivity index (χ1n) is 12.5. The topological polar surface area (TPSA) is 117 Å². The molecule has 2 heterocycles. The normalized spacial score (nSPS) is 21.4. The van der Waals surface area contributed by atoms with Gasteiger partial charge in [-0.3, -0.25) is 4.79 Å². The van der Waals surface area contributed by atoms with Gasteiger partial charge in [-0.15, -0.1) is 0 Å². The van der Waals surface area contributed by atoms with Crippen LogP contribution in [0.25, 0.3) is 0 Å². The molecule has 2 atom stereocenters. The molecule has 1 aromatic heterocycles. The van der Waals surface area contributed by atoms with Crippen molar-refractivity contribution < 1.29 is 22.7 Å². The fourth-order valence-electron chi connectivity index (χ4n) is 4.75. The largest absolute Gasteiger partial charge is 0.495 e. The van der Waals surface area contributed by atoms with Crippen LogP contribution in [0.4, 0.5) is 30.6 Å². The van der Waals surface area contributed by atoms with Crippen LogP contribution >= 0.6 is 0 Å². The number of carbonyl (C=O) groups is 1. The molecule has 0 spiro atoms. The van der Waals surface area contributed by atoms with Crippen molar-refractivity contribution in [2.45, 2.75) is 62.8 Å². The summed E-state index contributed by atoms with van der Waals surface area (Å²) in [6.07, 6.45) is 1.14. The highest BCUT2D eigenvalue weighted by Crippen LogP contribution is 2.36. The molecule has 1 unspecified atom stereocenters. The number of carbonyl (C=O) groups excluding carboxylic acids is 1. The predicted molar refractivity (Wildman–Crippen MR) is 135 cm³/mol. The van der Waals surface area contributed by atoms with Gasteiger partial charge in [-0.1, -0.05) is 12.8 Å². The number of rotatable bonds is 7. The first-order chi connectivity index (χ1) is 17.6. The van der Waals surface area contributed by atoms with Crippen LogP contribution in [0, 0.1) is 0 Å². The maximum absolute atomic E-state index is 13.7. The smallest absolute Gasteiger partial charge is 0.421 e. The van der Waals surface area contributed by atoms with E-state index in [1.807, 2.05) is 0 Å². The van der Waals surface area contributed by atoms with Crippen LogP contribution in [0.2, 0.25) is 0 Å². The monoisotopic (exact) mass is 521 g/mol. The molecule has 1 aliphatic carbocycles. The van der Waals surface area contributed by atoms with Gasteiger partial charge in [0.15, 0.2) is 0 Å². The maximum atomic E-state index is 13.7. The molecule has 5 N–H and O–H groups in total. The summed E-state index contributed by atoms with van der Waals surface area (Å²) in [4.78, 5) is 23.0. The number of hydrogen-bond acceptors (Lipinski definition) is 8. The van der Waals surface area contributed by atoms with Gasteiger partial charge in [0.05, 0.1) is 12.8 Å². The first kappa shape index (κ1) is 26.9. The molecular weight excluding hydrogens is 487 g/mol. The van der Waals surface area contributed by atoms with Gasteiger partial charge in [-0.2, -0.15) is 18.2 Å². The van der Waals surface area contributed by atoms with E-state index in [1.54, 1.807) is 18.2 Å². The number of nitrogens with zero attached hydrogens (tertiary/aromatic N) is 3. The highest BCUT2D eigenvalue weighted by molar-refractivity contribution is 5.95. The van der Waals surface area contributed by atoms with Crippen molar-refractivity contribution in [1.82, 2.24) is 20.2 Å². The molecule has 37 heavy (non-hydrogen) atoms. The average Bonchev–Trinajstić information content (AvgIpc) is 2.86. The number of aromatic nitrogens is 2. The highest BCUT2D eigenvalue weighted by Gasteiger charge is 2.36. The number of hydrogen-bond donors (Lipinski definition) is 4. The number of ether oxygens (including phenoxy) is 1. The Morgan fingerprint density at radius 1 is 1.16 bits per heavy atom. The Balaban J connectivity index is 1.51. The lowest BCUT2D eigenvalue weighted by Crippen LogP contribution is -2.43. The van der Waals surface area contributed by atoms with Crippen LogP contribution in [-0.4, -0.2) is 66.1 Å². The van der Waals surface area contributed by atoms with Gasteiger partial charge in [0.1, 0.15) is 17.1 Å². The van der Waals surface area contributed by atoms with E-state index < -0.39 is 11.7 Å². The number of halogens is 3. The van der Waals surface area contributed by atoms with Gasteiger partial charge >= 0.3 is 6.18 Å². The molecule has 1 aromatic carbocycles. The quantitative estimate of drug-likeness (QED) is 0.435. The zero-order valence-electron chi connectivity index (χ0n) is 21.1. The van der Waals surface area contributed by atoms with Gasteiger partial charge in [0.2, 0.25) is 5.95 Å². The second-order valence-electron chi connectivity index (χ2n) is 9.74. The molecule has 1 saturated heterocycles. The molecule has 202 valence electrons. The van der Waals surface area contributed by atoms with Crippen molar-refractivity contribution >= 4 is 23.4 Å². The molecule has 4 rings (SSSR count). The number of alkyl halides is 3. The van der Waals surface area contributed by atoms with Crippen LogP contribution in [0.1, 0.15) is 54.4 Å². The number of likely N-dealkylation sites (tertiary alicyclic amines) is 1. The Bertz CT molecular complexity index is 1090. The molecule has 12 heteroatoms. The van der Waals surface area contributed by atoms with Crippen molar-refractivity contribution in [3.63, 3.8) is 0 Å². The lowest BCUT2D eigenvalue weighted by atomic mass is 9.91. The molecule has 0 bridgehead atoms. The van der Waals surface area contributed by atoms with E-state index in [0.717, 1.165) is 51.4 Å². The average molecular weight is 522 g/mol. The fraction of sp³-hybridized carbons (Fsp3) is 0.560. The Morgan fingerprint density at radius 2 is 1.89 bits per heavy atom. The van der Waals surface area contributed by atoms with Gasteiger partial charge < -0.3 is 31.3 Å². The second kappa shape index (κ2) is 11.5. The van der Waals surface area contributed by atoms with Crippen molar-refractivity contribution in [3.8, 4) is 5.75 Å². The molecule has 1 aliphatic heterocycles. The standard InChI is InChI=1S/C25H34F3N7O2/c1-35-11-9-16(10-12-35)31-23(36)15-7-8-20(21(13-15)37-2)33-24-30-14-17(25(26,27)28)22(34-24)32-19-6-4-3-5-18(19)29/h7-8,13-14,16,18-19H,3-6,9-12,29H2,1-2H3,(H,31,36)(H2,30,32,33,34)/t18-,19?/m1/s1. The van der Waals surface area contributed by atoms with Gasteiger partial charge in [-0.05, 0) is 64.0 Å². The van der Waals surface area contributed by atoms with Crippen LogP contribution < -0.4 is 26.4 Å². The Kier molecular flexibility index (Phi) is 8.38. The van der Waals surface area contributed by atoms with Crippen LogP contribution in [0.3, 0.4) is 0 Å². The summed E-state index contributed by atoms with van der Waals surface area (Å²) in [5.41, 5.74) is 6.02. The third kappa shape index (κ3) is 6.80. The van der Waals surface area contributed by atoms with Crippen molar-refractivity contribution in [1.29, 1.82) is 0 Å². The van der Waals surface area contributed by atoms with Crippen molar-refractivity contribution in [3.05, 3.63) is 35.5 Å². The number of nitrogens with one attached hydrogen (secondary N) is 3. The maximum Gasteiger partial charge on any atom is 0.421 e. The molecule has 2 fully saturated rings. The van der Waals surface area contributed by atoms with E-state index in [-0.39, 0.29) is 35.8 Å². The number of piperidine rings is 1. The number of anilines is 3. The first-order valence-corrected chi connectivity index (χ1v) is 12.5. The summed E-state index contributed by atoms with van der Waals surface area (Å²) < 4.78 is 46.4. The number of amides is 1. The van der Waals surface area contributed by atoms with E-state index in [4.69, 9.17) is 10.5 Å². The lowest BCUT2D eigenvalue weighted by Gasteiger charge is -2.30. The summed E-state index contributed by atoms with van der Waals surface area (Å²) in [5.74, 6) is -0.231. The zero-order valence-corrected chi connectivity index (χ0v) is 21.1. The van der Waals surface area contributed by atoms with E-state index in [2.05, 4.69) is 37.9 Å². The molecule has 1 amide bonds. The van der Waals surface area contributed by atoms with E-state index in [0.29, 0.717) is 23.4 Å². The van der Waals surface area contributed by atoms with E-state index in [1.165, 1.54) is 7.11 Å². The van der Waals surface area contributed by atoms with Crippen LogP contribution in [0.5, 0.6) is 5.75 Å². The predicted octanol–water partition coefficient (Wildman–Crippen LogP) is 3.75. The minimum Gasteiger partial charge on any atom is -0.495 e. The number of benzene rings is 1. The summed E-state index contributed by atoms with van der Waals surface area (Å²) in [6.45, 7) is 1.85. The summed E-state index contributed by atoms with van der Waals surface area (Å²) in [6, 6.07) is 4.37. The van der Waals surface area contributed by atoms with Gasteiger partial charge in [-0.25, -0.2) is 4.98 Å². The second-order valence-corrected chi connectivity index (χ2v) is 9.74. The molecule has 9 nitrogen and oxygen atoms in total. The summed E-state index contributed by atoms with van der Waals surface area (Å²) >= 11 is 0. The van der Waals surface area contributed by atoms with Crippen LogP contribution in [-0.2, 0) is 6.18 Å². The molecule has 2 aromatic rings. The summed E-state index contributed by atoms with van der Waals surface area (Å²) in [5, 5.41) is 8.88.